The first-order valence-corrected chi connectivity index (χ1v) is 11.2. The number of hydrogen-bond donors (Lipinski definition) is 0. The van der Waals surface area contributed by atoms with Gasteiger partial charge in [0.15, 0.2) is 0 Å². The zero-order chi connectivity index (χ0) is 17.4. The molecule has 0 aromatic carbocycles. The Morgan fingerprint density at radius 3 is 0.591 bits per heavy atom. The first-order valence-electron chi connectivity index (χ1n) is 6.18. The fraction of sp³-hybridized carbons (Fsp3) is 1.00. The van der Waals surface area contributed by atoms with Crippen molar-refractivity contribution >= 4 is 26.9 Å². The molecule has 0 bridgehead atoms. The van der Waals surface area contributed by atoms with Crippen LogP contribution in [0.4, 0.5) is 0 Å². The molecule has 0 aliphatic rings. The van der Waals surface area contributed by atoms with Crippen LogP contribution >= 0.6 is 0 Å². The molecule has 0 N–H and O–H groups in total. The van der Waals surface area contributed by atoms with E-state index in [2.05, 4.69) is 0 Å². The average molecular weight is 378 g/mol. The maximum absolute atomic E-state index is 5.53. The molecule has 0 aliphatic carbocycles. The third-order valence-corrected chi connectivity index (χ3v) is 14.4. The molecular weight excluding hydrogens is 350 g/mol. The second-order valence-electron chi connectivity index (χ2n) is 3.74. The topological polar surface area (TPSA) is 86.3 Å². The van der Waals surface area contributed by atoms with Crippen molar-refractivity contribution in [3.05, 3.63) is 0 Å². The number of hydrogen-bond acceptors (Lipinski definition) is 10. The van der Waals surface area contributed by atoms with E-state index in [0.29, 0.717) is 0 Å². The molecule has 0 spiro atoms. The van der Waals surface area contributed by atoms with Gasteiger partial charge in [0.1, 0.15) is 0 Å². The van der Waals surface area contributed by atoms with Gasteiger partial charge in [-0.3, -0.25) is 0 Å². The highest BCUT2D eigenvalue weighted by Crippen LogP contribution is 2.31. The van der Waals surface area contributed by atoms with Crippen LogP contribution in [0.25, 0.3) is 0 Å². The lowest BCUT2D eigenvalue weighted by atomic mass is 11.8. The minimum atomic E-state index is -3.54. The van der Waals surface area contributed by atoms with Crippen molar-refractivity contribution in [2.45, 2.75) is 0 Å². The van der Waals surface area contributed by atoms with Gasteiger partial charge in [-0.15, -0.1) is 0 Å². The Kier molecular flexibility index (Phi) is 9.63. The molecule has 0 aliphatic heterocycles. The highest BCUT2D eigenvalue weighted by molar-refractivity contribution is 6.89. The van der Waals surface area contributed by atoms with Crippen LogP contribution in [-0.2, 0) is 39.8 Å². The second-order valence-corrected chi connectivity index (χ2v) is 13.2. The van der Waals surface area contributed by atoms with E-state index >= 15 is 0 Å². The van der Waals surface area contributed by atoms with E-state index in [1.807, 2.05) is 0 Å². The summed E-state index contributed by atoms with van der Waals surface area (Å²) in [7, 11) is 2.32. The molecule has 0 saturated carbocycles. The Morgan fingerprint density at radius 1 is 0.364 bits per heavy atom. The van der Waals surface area contributed by atoms with Crippen molar-refractivity contribution in [1.29, 1.82) is 0 Å². The van der Waals surface area contributed by atoms with Crippen LogP contribution in [0, 0.1) is 0 Å². The number of nitrogens with zero attached hydrogens (tertiary/aromatic N) is 1. The van der Waals surface area contributed by atoms with Crippen LogP contribution in [0.5, 0.6) is 0 Å². The molecule has 0 amide bonds. The van der Waals surface area contributed by atoms with E-state index in [1.165, 1.54) is 67.9 Å². The maximum atomic E-state index is 5.53. The molecule has 13 heteroatoms. The lowest BCUT2D eigenvalue weighted by molar-refractivity contribution is -0.00147. The molecule has 0 aromatic rings. The van der Waals surface area contributed by atoms with Crippen molar-refractivity contribution < 1.29 is 39.8 Å². The summed E-state index contributed by atoms with van der Waals surface area (Å²) in [5.41, 5.74) is 0. The van der Waals surface area contributed by atoms with Crippen molar-refractivity contribution in [2.75, 3.05) is 64.0 Å². The summed E-state index contributed by atoms with van der Waals surface area (Å²) in [4.78, 5) is 0. The molecule has 0 rings (SSSR count). The van der Waals surface area contributed by atoms with Crippen molar-refractivity contribution in [2.24, 2.45) is 0 Å². The van der Waals surface area contributed by atoms with Crippen LogP contribution in [0.3, 0.4) is 0 Å². The summed E-state index contributed by atoms with van der Waals surface area (Å²) in [5.74, 6) is 0. The van der Waals surface area contributed by atoms with Crippen molar-refractivity contribution in [3.63, 3.8) is 0 Å². The lowest BCUT2D eigenvalue weighted by Gasteiger charge is -2.47. The zero-order valence-electron chi connectivity index (χ0n) is 14.6. The summed E-state index contributed by atoms with van der Waals surface area (Å²) in [5, 5.41) is 0. The van der Waals surface area contributed by atoms with E-state index in [9.17, 15) is 0 Å². The normalized spacial score (nSPS) is 13.9. The van der Waals surface area contributed by atoms with Gasteiger partial charge in [-0.2, -0.15) is 3.90 Å². The summed E-state index contributed by atoms with van der Waals surface area (Å²) >= 11 is 0. The summed E-state index contributed by atoms with van der Waals surface area (Å²) in [6, 6.07) is 0. The maximum Gasteiger partial charge on any atom is 0.596 e. The van der Waals surface area contributed by atoms with Gasteiger partial charge in [0.25, 0.3) is 0 Å². The van der Waals surface area contributed by atoms with E-state index < -0.39 is 26.9 Å². The van der Waals surface area contributed by atoms with Crippen LogP contribution < -0.4 is 0 Å². The Labute approximate surface area is 135 Å². The molecule has 134 valence electrons. The lowest BCUT2D eigenvalue weighted by Crippen LogP contribution is -2.83. The molecule has 0 aromatic heterocycles. The third-order valence-electron chi connectivity index (χ3n) is 3.14. The molecule has 0 radical (unpaired) electrons. The monoisotopic (exact) mass is 377 g/mol. The Hall–Kier alpha value is 0.251. The Morgan fingerprint density at radius 2 is 0.500 bits per heavy atom. The standard InChI is InChI=1S/C9H27NO9Si3/c1-11-20(12-2,13-3)10(21(14-4,15-5)16-6)22(17-7,18-8)19-9/h1-9H3. The fourth-order valence-electron chi connectivity index (χ4n) is 2.07. The van der Waals surface area contributed by atoms with Crippen LogP contribution in [-0.4, -0.2) is 94.8 Å². The van der Waals surface area contributed by atoms with Crippen LogP contribution in [0.1, 0.15) is 0 Å². The minimum Gasteiger partial charge on any atom is -0.365 e. The fourth-order valence-corrected chi connectivity index (χ4v) is 14.2. The molecule has 0 atom stereocenters. The average Bonchev–Trinajstić information content (AvgIpc) is 2.60. The molecule has 0 fully saturated rings. The molecule has 0 heterocycles. The van der Waals surface area contributed by atoms with Crippen molar-refractivity contribution in [3.8, 4) is 0 Å². The van der Waals surface area contributed by atoms with Gasteiger partial charge < -0.3 is 39.8 Å². The van der Waals surface area contributed by atoms with Gasteiger partial charge in [-0.1, -0.05) is 0 Å². The van der Waals surface area contributed by atoms with E-state index in [0.717, 1.165) is 0 Å². The highest BCUT2D eigenvalue weighted by atomic mass is 28.5. The highest BCUT2D eigenvalue weighted by Gasteiger charge is 2.74. The van der Waals surface area contributed by atoms with Gasteiger partial charge in [-0.25, -0.2) is 0 Å². The predicted octanol–water partition coefficient (Wildman–Crippen LogP) is -0.587. The van der Waals surface area contributed by atoms with E-state index in [4.69, 9.17) is 39.8 Å². The van der Waals surface area contributed by atoms with E-state index in [1.54, 1.807) is 0 Å². The summed E-state index contributed by atoms with van der Waals surface area (Å²) in [6.07, 6.45) is 0. The predicted molar refractivity (Wildman–Crippen MR) is 82.2 cm³/mol. The first-order chi connectivity index (χ1) is 10.4. The molecule has 0 saturated heterocycles. The van der Waals surface area contributed by atoms with Gasteiger partial charge >= 0.3 is 26.9 Å². The molecule has 10 nitrogen and oxygen atoms in total. The summed E-state index contributed by atoms with van der Waals surface area (Å²) in [6.45, 7) is 0. The zero-order valence-corrected chi connectivity index (χ0v) is 17.6. The van der Waals surface area contributed by atoms with E-state index in [-0.39, 0.29) is 0 Å². The number of rotatable bonds is 12. The van der Waals surface area contributed by atoms with Gasteiger partial charge in [0, 0.05) is 64.0 Å². The van der Waals surface area contributed by atoms with Gasteiger partial charge in [-0.05, 0) is 0 Å². The van der Waals surface area contributed by atoms with Crippen molar-refractivity contribution in [1.82, 2.24) is 3.90 Å². The van der Waals surface area contributed by atoms with Gasteiger partial charge in [0.05, 0.1) is 0 Å². The summed E-state index contributed by atoms with van der Waals surface area (Å²) < 4.78 is 51.3. The van der Waals surface area contributed by atoms with Gasteiger partial charge in [0.2, 0.25) is 0 Å². The Bertz CT molecular complexity index is 240. The first kappa shape index (κ1) is 22.3. The third kappa shape index (κ3) is 3.67. The Balaban J connectivity index is 6.42. The second kappa shape index (κ2) is 9.52. The molecule has 0 unspecified atom stereocenters. The largest absolute Gasteiger partial charge is 0.596 e. The molecule has 22 heavy (non-hydrogen) atoms. The van der Waals surface area contributed by atoms with Crippen LogP contribution in [0.15, 0.2) is 0 Å². The van der Waals surface area contributed by atoms with Crippen LogP contribution in [0.2, 0.25) is 0 Å². The quantitative estimate of drug-likeness (QED) is 0.411. The minimum absolute atomic E-state index is 1.44. The molecular formula is C9H27NO9Si3. The smallest absolute Gasteiger partial charge is 0.365 e. The SMILES string of the molecule is CO[Si](OC)(OC)N([Si](OC)(OC)OC)[Si](OC)(OC)OC.